The van der Waals surface area contributed by atoms with Crippen LogP contribution in [0.1, 0.15) is 10.4 Å². The number of hydrogen-bond acceptors (Lipinski definition) is 4. The summed E-state index contributed by atoms with van der Waals surface area (Å²) in [5.74, 6) is 0.808. The highest BCUT2D eigenvalue weighted by Gasteiger charge is 2.12. The molecule has 5 nitrogen and oxygen atoms in total. The normalized spacial score (nSPS) is 10.0. The summed E-state index contributed by atoms with van der Waals surface area (Å²) in [5, 5.41) is 3.15. The van der Waals surface area contributed by atoms with Crippen LogP contribution in [0.25, 0.3) is 0 Å². The van der Waals surface area contributed by atoms with Gasteiger partial charge in [-0.3, -0.25) is 4.79 Å². The van der Waals surface area contributed by atoms with E-state index in [9.17, 15) is 4.79 Å². The summed E-state index contributed by atoms with van der Waals surface area (Å²) in [6, 6.07) is 9.78. The van der Waals surface area contributed by atoms with Crippen LogP contribution in [0.4, 0.5) is 11.4 Å². The minimum atomic E-state index is -0.326. The monoisotopic (exact) mass is 306 g/mol. The Morgan fingerprint density at radius 2 is 1.90 bits per heavy atom. The van der Waals surface area contributed by atoms with E-state index >= 15 is 0 Å². The molecule has 0 unspecified atom stereocenters. The number of benzene rings is 2. The average Bonchev–Trinajstić information content (AvgIpc) is 2.46. The van der Waals surface area contributed by atoms with Gasteiger partial charge in [0.1, 0.15) is 11.5 Å². The molecule has 3 N–H and O–H groups in total. The van der Waals surface area contributed by atoms with Crippen molar-refractivity contribution in [1.82, 2.24) is 0 Å². The van der Waals surface area contributed by atoms with E-state index in [4.69, 9.17) is 26.8 Å². The topological polar surface area (TPSA) is 73.6 Å². The molecule has 0 atom stereocenters. The van der Waals surface area contributed by atoms with Crippen LogP contribution in [0.3, 0.4) is 0 Å². The number of amides is 1. The molecule has 2 rings (SSSR count). The van der Waals surface area contributed by atoms with Crippen molar-refractivity contribution in [3.05, 3.63) is 47.0 Å². The predicted octanol–water partition coefficient (Wildman–Crippen LogP) is 3.19. The fourth-order valence-electron chi connectivity index (χ4n) is 1.84. The SMILES string of the molecule is COc1ccc(NC(=O)c2cc(N)cc(Cl)c2)c(OC)c1. The standard InChI is InChI=1S/C15H15ClN2O3/c1-20-12-3-4-13(14(8-12)21-2)18-15(19)9-5-10(16)7-11(17)6-9/h3-8H,17H2,1-2H3,(H,18,19). The lowest BCUT2D eigenvalue weighted by Gasteiger charge is -2.12. The lowest BCUT2D eigenvalue weighted by Crippen LogP contribution is -2.13. The summed E-state index contributed by atoms with van der Waals surface area (Å²) < 4.78 is 10.3. The number of nitrogens with one attached hydrogen (secondary N) is 1. The van der Waals surface area contributed by atoms with E-state index in [0.29, 0.717) is 33.5 Å². The van der Waals surface area contributed by atoms with E-state index in [2.05, 4.69) is 5.32 Å². The predicted molar refractivity (Wildman–Crippen MR) is 83.4 cm³/mol. The Balaban J connectivity index is 2.26. The first-order valence-corrected chi connectivity index (χ1v) is 6.50. The van der Waals surface area contributed by atoms with Gasteiger partial charge < -0.3 is 20.5 Å². The van der Waals surface area contributed by atoms with Gasteiger partial charge in [-0.25, -0.2) is 0 Å². The summed E-state index contributed by atoms with van der Waals surface area (Å²) in [4.78, 5) is 12.2. The van der Waals surface area contributed by atoms with Crippen molar-refractivity contribution in [1.29, 1.82) is 0 Å². The van der Waals surface area contributed by atoms with E-state index < -0.39 is 0 Å². The first-order chi connectivity index (χ1) is 10.0. The number of anilines is 2. The summed E-state index contributed by atoms with van der Waals surface area (Å²) in [6.45, 7) is 0. The molecule has 21 heavy (non-hydrogen) atoms. The van der Waals surface area contributed by atoms with Gasteiger partial charge in [0.15, 0.2) is 0 Å². The van der Waals surface area contributed by atoms with Crippen LogP contribution in [0.2, 0.25) is 5.02 Å². The highest BCUT2D eigenvalue weighted by molar-refractivity contribution is 6.31. The highest BCUT2D eigenvalue weighted by Crippen LogP contribution is 2.29. The average molecular weight is 307 g/mol. The summed E-state index contributed by atoms with van der Waals surface area (Å²) in [5.41, 5.74) is 7.01. The van der Waals surface area contributed by atoms with Crippen LogP contribution < -0.4 is 20.5 Å². The number of hydrogen-bond donors (Lipinski definition) is 2. The summed E-state index contributed by atoms with van der Waals surface area (Å²) in [7, 11) is 3.07. The number of carbonyl (C=O) groups excluding carboxylic acids is 1. The molecule has 0 fully saturated rings. The molecule has 0 aliphatic carbocycles. The molecule has 0 radical (unpaired) electrons. The Kier molecular flexibility index (Phi) is 4.55. The lowest BCUT2D eigenvalue weighted by atomic mass is 10.2. The van der Waals surface area contributed by atoms with Crippen molar-refractivity contribution in [3.63, 3.8) is 0 Å². The second kappa shape index (κ2) is 6.37. The molecule has 0 heterocycles. The van der Waals surface area contributed by atoms with Gasteiger partial charge in [0, 0.05) is 22.3 Å². The van der Waals surface area contributed by atoms with Crippen molar-refractivity contribution < 1.29 is 14.3 Å². The van der Waals surface area contributed by atoms with Crippen LogP contribution in [-0.2, 0) is 0 Å². The molecular weight excluding hydrogens is 292 g/mol. The number of methoxy groups -OCH3 is 2. The van der Waals surface area contributed by atoms with E-state index in [1.165, 1.54) is 7.11 Å². The lowest BCUT2D eigenvalue weighted by molar-refractivity contribution is 0.102. The molecule has 0 bridgehead atoms. The minimum absolute atomic E-state index is 0.326. The van der Waals surface area contributed by atoms with Crippen LogP contribution in [0.5, 0.6) is 11.5 Å². The third kappa shape index (κ3) is 3.58. The Morgan fingerprint density at radius 1 is 1.14 bits per heavy atom. The maximum Gasteiger partial charge on any atom is 0.255 e. The maximum atomic E-state index is 12.2. The fourth-order valence-corrected chi connectivity index (χ4v) is 2.08. The van der Waals surface area contributed by atoms with Crippen molar-refractivity contribution in [2.24, 2.45) is 0 Å². The zero-order chi connectivity index (χ0) is 15.4. The van der Waals surface area contributed by atoms with Crippen molar-refractivity contribution in [2.45, 2.75) is 0 Å². The van der Waals surface area contributed by atoms with E-state index in [-0.39, 0.29) is 5.91 Å². The molecule has 0 aliphatic heterocycles. The van der Waals surface area contributed by atoms with E-state index in [1.807, 2.05) is 0 Å². The largest absolute Gasteiger partial charge is 0.497 e. The van der Waals surface area contributed by atoms with Crippen LogP contribution in [-0.4, -0.2) is 20.1 Å². The quantitative estimate of drug-likeness (QED) is 0.851. The number of carbonyl (C=O) groups is 1. The molecule has 0 saturated carbocycles. The van der Waals surface area contributed by atoms with Gasteiger partial charge in [0.25, 0.3) is 5.91 Å². The zero-order valence-corrected chi connectivity index (χ0v) is 12.4. The first-order valence-electron chi connectivity index (χ1n) is 6.13. The molecule has 1 amide bonds. The van der Waals surface area contributed by atoms with Gasteiger partial charge in [0.2, 0.25) is 0 Å². The van der Waals surface area contributed by atoms with Gasteiger partial charge in [-0.2, -0.15) is 0 Å². The van der Waals surface area contributed by atoms with Crippen molar-refractivity contribution in [2.75, 3.05) is 25.3 Å². The summed E-state index contributed by atoms with van der Waals surface area (Å²) in [6.07, 6.45) is 0. The third-order valence-corrected chi connectivity index (χ3v) is 3.06. The second-order valence-corrected chi connectivity index (χ2v) is 4.73. The van der Waals surface area contributed by atoms with Crippen LogP contribution in [0, 0.1) is 0 Å². The molecule has 2 aromatic rings. The molecule has 0 aliphatic rings. The van der Waals surface area contributed by atoms with Crippen LogP contribution in [0.15, 0.2) is 36.4 Å². The number of nitrogen functional groups attached to an aromatic ring is 1. The Hall–Kier alpha value is -2.40. The Labute approximate surface area is 127 Å². The number of nitrogens with two attached hydrogens (primary N) is 1. The zero-order valence-electron chi connectivity index (χ0n) is 11.6. The molecule has 0 saturated heterocycles. The first kappa shape index (κ1) is 15.0. The van der Waals surface area contributed by atoms with Gasteiger partial charge in [-0.15, -0.1) is 0 Å². The van der Waals surface area contributed by atoms with E-state index in [1.54, 1.807) is 43.5 Å². The molecular formula is C15H15ClN2O3. The van der Waals surface area contributed by atoms with Crippen molar-refractivity contribution in [3.8, 4) is 11.5 Å². The molecule has 0 aromatic heterocycles. The highest BCUT2D eigenvalue weighted by atomic mass is 35.5. The number of ether oxygens (including phenoxy) is 2. The third-order valence-electron chi connectivity index (χ3n) is 2.84. The smallest absolute Gasteiger partial charge is 0.255 e. The second-order valence-electron chi connectivity index (χ2n) is 4.29. The summed E-state index contributed by atoms with van der Waals surface area (Å²) >= 11 is 5.89. The Morgan fingerprint density at radius 3 is 2.52 bits per heavy atom. The molecule has 0 spiro atoms. The minimum Gasteiger partial charge on any atom is -0.497 e. The van der Waals surface area contributed by atoms with E-state index in [0.717, 1.165) is 0 Å². The molecule has 2 aromatic carbocycles. The number of halogens is 1. The van der Waals surface area contributed by atoms with Crippen LogP contribution >= 0.6 is 11.6 Å². The number of rotatable bonds is 4. The van der Waals surface area contributed by atoms with Crippen molar-refractivity contribution >= 4 is 28.9 Å². The van der Waals surface area contributed by atoms with Gasteiger partial charge in [-0.1, -0.05) is 11.6 Å². The van der Waals surface area contributed by atoms with Gasteiger partial charge >= 0.3 is 0 Å². The molecule has 110 valence electrons. The fraction of sp³-hybridized carbons (Fsp3) is 0.133. The van der Waals surface area contributed by atoms with Gasteiger partial charge in [0.05, 0.1) is 19.9 Å². The van der Waals surface area contributed by atoms with Gasteiger partial charge in [-0.05, 0) is 30.3 Å². The maximum absolute atomic E-state index is 12.2. The molecule has 6 heteroatoms. The Bertz CT molecular complexity index is 654.